The molecule has 1 atom stereocenters. The molecule has 130 valence electrons. The van der Waals surface area contributed by atoms with Crippen molar-refractivity contribution in [2.45, 2.75) is 33.2 Å². The molecular formula is C22H26N2O. The molecule has 1 aliphatic rings. The van der Waals surface area contributed by atoms with Crippen molar-refractivity contribution in [2.24, 2.45) is 0 Å². The minimum absolute atomic E-state index is 0.0588. The second-order valence-corrected chi connectivity index (χ2v) is 6.82. The molecule has 1 N–H and O–H groups in total. The van der Waals surface area contributed by atoms with Crippen LogP contribution in [0.2, 0.25) is 0 Å². The van der Waals surface area contributed by atoms with Crippen molar-refractivity contribution in [2.75, 3.05) is 18.4 Å². The topological polar surface area (TPSA) is 32.3 Å². The van der Waals surface area contributed by atoms with E-state index < -0.39 is 0 Å². The molecule has 0 spiro atoms. The molecule has 0 aliphatic carbocycles. The van der Waals surface area contributed by atoms with Crippen molar-refractivity contribution in [3.8, 4) is 0 Å². The van der Waals surface area contributed by atoms with Gasteiger partial charge in [0.1, 0.15) is 0 Å². The standard InChI is InChI=1S/C22H26N2O/c1-16-9-10-21(17(2)15-16)23-22(25)18(3)24-13-11-20(12-14-24)19-7-5-4-6-8-19/h4-11,15,18H,12-14H2,1-3H3,(H,23,25)/t18-/m0/s1. The van der Waals surface area contributed by atoms with Gasteiger partial charge in [-0.2, -0.15) is 0 Å². The van der Waals surface area contributed by atoms with Gasteiger partial charge in [-0.15, -0.1) is 0 Å². The molecule has 2 aromatic carbocycles. The van der Waals surface area contributed by atoms with Crippen LogP contribution < -0.4 is 5.32 Å². The van der Waals surface area contributed by atoms with Crippen LogP contribution in [0.4, 0.5) is 5.69 Å². The summed E-state index contributed by atoms with van der Waals surface area (Å²) in [4.78, 5) is 14.9. The Kier molecular flexibility index (Phi) is 5.34. The molecule has 3 heteroatoms. The lowest BCUT2D eigenvalue weighted by Gasteiger charge is -2.31. The zero-order valence-electron chi connectivity index (χ0n) is 15.3. The molecule has 0 saturated carbocycles. The van der Waals surface area contributed by atoms with Crippen LogP contribution >= 0.6 is 0 Å². The van der Waals surface area contributed by atoms with Crippen LogP contribution in [0.3, 0.4) is 0 Å². The smallest absolute Gasteiger partial charge is 0.241 e. The number of anilines is 1. The van der Waals surface area contributed by atoms with Crippen LogP contribution in [0.15, 0.2) is 54.6 Å². The first-order valence-electron chi connectivity index (χ1n) is 8.91. The molecule has 0 aromatic heterocycles. The lowest BCUT2D eigenvalue weighted by atomic mass is 9.99. The van der Waals surface area contributed by atoms with Crippen LogP contribution in [0, 0.1) is 13.8 Å². The summed E-state index contributed by atoms with van der Waals surface area (Å²) in [5.41, 5.74) is 5.87. The van der Waals surface area contributed by atoms with Crippen molar-refractivity contribution in [3.63, 3.8) is 0 Å². The SMILES string of the molecule is Cc1ccc(NC(=O)[C@H](C)N2CC=C(c3ccccc3)CC2)c(C)c1. The summed E-state index contributed by atoms with van der Waals surface area (Å²) in [6.07, 6.45) is 3.23. The van der Waals surface area contributed by atoms with Crippen molar-refractivity contribution < 1.29 is 4.79 Å². The Morgan fingerprint density at radius 1 is 1.12 bits per heavy atom. The third-order valence-electron chi connectivity index (χ3n) is 4.95. The summed E-state index contributed by atoms with van der Waals surface area (Å²) in [5, 5.41) is 3.08. The van der Waals surface area contributed by atoms with E-state index in [1.54, 1.807) is 0 Å². The number of carbonyl (C=O) groups is 1. The second-order valence-electron chi connectivity index (χ2n) is 6.82. The van der Waals surface area contributed by atoms with Crippen molar-refractivity contribution in [3.05, 3.63) is 71.3 Å². The quantitative estimate of drug-likeness (QED) is 0.897. The first-order valence-corrected chi connectivity index (χ1v) is 8.91. The van der Waals surface area contributed by atoms with Crippen molar-refractivity contribution >= 4 is 17.2 Å². The third-order valence-corrected chi connectivity index (χ3v) is 4.95. The van der Waals surface area contributed by atoms with Crippen molar-refractivity contribution in [1.82, 2.24) is 4.90 Å². The monoisotopic (exact) mass is 334 g/mol. The number of nitrogens with zero attached hydrogens (tertiary/aromatic N) is 1. The van der Waals surface area contributed by atoms with E-state index in [4.69, 9.17) is 0 Å². The number of amides is 1. The average Bonchev–Trinajstić information content (AvgIpc) is 2.64. The number of carbonyl (C=O) groups excluding carboxylic acids is 1. The molecule has 3 nitrogen and oxygen atoms in total. The Labute approximate surface area is 150 Å². The van der Waals surface area contributed by atoms with Gasteiger partial charge < -0.3 is 5.32 Å². The Hall–Kier alpha value is -2.39. The summed E-state index contributed by atoms with van der Waals surface area (Å²) in [6.45, 7) is 7.79. The number of aryl methyl sites for hydroxylation is 2. The Morgan fingerprint density at radius 2 is 1.88 bits per heavy atom. The zero-order chi connectivity index (χ0) is 17.8. The summed E-state index contributed by atoms with van der Waals surface area (Å²) in [7, 11) is 0. The highest BCUT2D eigenvalue weighted by Crippen LogP contribution is 2.23. The average molecular weight is 334 g/mol. The maximum atomic E-state index is 12.6. The van der Waals surface area contributed by atoms with Gasteiger partial charge in [0.15, 0.2) is 0 Å². The van der Waals surface area contributed by atoms with Gasteiger partial charge >= 0.3 is 0 Å². The minimum atomic E-state index is -0.144. The molecule has 2 aromatic rings. The van der Waals surface area contributed by atoms with E-state index in [-0.39, 0.29) is 11.9 Å². The van der Waals surface area contributed by atoms with E-state index in [0.29, 0.717) is 0 Å². The van der Waals surface area contributed by atoms with Gasteiger partial charge in [-0.25, -0.2) is 0 Å². The van der Waals surface area contributed by atoms with Crippen molar-refractivity contribution in [1.29, 1.82) is 0 Å². The molecule has 1 heterocycles. The molecule has 0 saturated heterocycles. The molecule has 0 bridgehead atoms. The highest BCUT2D eigenvalue weighted by atomic mass is 16.2. The molecule has 1 amide bonds. The van der Waals surface area contributed by atoms with E-state index in [1.807, 2.05) is 32.0 Å². The number of hydrogen-bond acceptors (Lipinski definition) is 2. The lowest BCUT2D eigenvalue weighted by Crippen LogP contribution is -2.44. The first-order chi connectivity index (χ1) is 12.0. The fourth-order valence-corrected chi connectivity index (χ4v) is 3.31. The minimum Gasteiger partial charge on any atom is -0.324 e. The number of hydrogen-bond donors (Lipinski definition) is 1. The van der Waals surface area contributed by atoms with Gasteiger partial charge in [0.05, 0.1) is 6.04 Å². The number of nitrogens with one attached hydrogen (secondary N) is 1. The fourth-order valence-electron chi connectivity index (χ4n) is 3.31. The normalized spacial score (nSPS) is 16.2. The highest BCUT2D eigenvalue weighted by Gasteiger charge is 2.23. The maximum absolute atomic E-state index is 12.6. The highest BCUT2D eigenvalue weighted by molar-refractivity contribution is 5.95. The number of benzene rings is 2. The predicted molar refractivity (Wildman–Crippen MR) is 105 cm³/mol. The number of rotatable bonds is 4. The molecule has 1 aliphatic heterocycles. The maximum Gasteiger partial charge on any atom is 0.241 e. The van der Waals surface area contributed by atoms with E-state index in [9.17, 15) is 4.79 Å². The summed E-state index contributed by atoms with van der Waals surface area (Å²) < 4.78 is 0. The summed E-state index contributed by atoms with van der Waals surface area (Å²) in [5.74, 6) is 0.0588. The molecule has 3 rings (SSSR count). The first kappa shape index (κ1) is 17.4. The van der Waals surface area contributed by atoms with Gasteiger partial charge in [0, 0.05) is 18.8 Å². The fraction of sp³-hybridized carbons (Fsp3) is 0.318. The van der Waals surface area contributed by atoms with Crippen LogP contribution in [0.1, 0.15) is 30.0 Å². The van der Waals surface area contributed by atoms with Crippen LogP contribution in [-0.4, -0.2) is 29.9 Å². The third kappa shape index (κ3) is 4.18. The summed E-state index contributed by atoms with van der Waals surface area (Å²) >= 11 is 0. The molecule has 0 unspecified atom stereocenters. The predicted octanol–water partition coefficient (Wildman–Crippen LogP) is 4.42. The Balaban J connectivity index is 1.63. The van der Waals surface area contributed by atoms with Crippen LogP contribution in [0.5, 0.6) is 0 Å². The van der Waals surface area contributed by atoms with Gasteiger partial charge in [0.25, 0.3) is 0 Å². The van der Waals surface area contributed by atoms with Gasteiger partial charge in [-0.05, 0) is 50.0 Å². The van der Waals surface area contributed by atoms with Gasteiger partial charge in [-0.3, -0.25) is 9.69 Å². The van der Waals surface area contributed by atoms with E-state index >= 15 is 0 Å². The molecule has 0 radical (unpaired) electrons. The van der Waals surface area contributed by atoms with E-state index in [1.165, 1.54) is 16.7 Å². The molecule has 25 heavy (non-hydrogen) atoms. The van der Waals surface area contributed by atoms with E-state index in [2.05, 4.69) is 53.5 Å². The largest absolute Gasteiger partial charge is 0.324 e. The molecule has 0 fully saturated rings. The van der Waals surface area contributed by atoms with E-state index in [0.717, 1.165) is 30.8 Å². The van der Waals surface area contributed by atoms with Gasteiger partial charge in [0.2, 0.25) is 5.91 Å². The van der Waals surface area contributed by atoms with Crippen LogP contribution in [0.25, 0.3) is 5.57 Å². The summed E-state index contributed by atoms with van der Waals surface area (Å²) in [6, 6.07) is 16.5. The molecular weight excluding hydrogens is 308 g/mol. The Morgan fingerprint density at radius 3 is 2.52 bits per heavy atom. The second kappa shape index (κ2) is 7.66. The van der Waals surface area contributed by atoms with Gasteiger partial charge in [-0.1, -0.05) is 54.1 Å². The van der Waals surface area contributed by atoms with Crippen LogP contribution in [-0.2, 0) is 4.79 Å². The Bertz CT molecular complexity index is 780. The lowest BCUT2D eigenvalue weighted by molar-refractivity contribution is -0.120. The zero-order valence-corrected chi connectivity index (χ0v) is 15.3.